The number of hydrogen-bond acceptors (Lipinski definition) is 1. The van der Waals surface area contributed by atoms with E-state index in [1.165, 1.54) is 18.9 Å². The third-order valence-corrected chi connectivity index (χ3v) is 4.03. The molecule has 0 saturated carbocycles. The summed E-state index contributed by atoms with van der Waals surface area (Å²) in [6.07, 6.45) is 2.50. The lowest BCUT2D eigenvalue weighted by atomic mass is 10.1. The van der Waals surface area contributed by atoms with E-state index in [1.54, 1.807) is 6.07 Å². The standard InChI is InChI=1S/C13H16BrClFN/c14-5-3-10-4-6-17(8-10)9-11-1-2-13(16)12(15)7-11/h1-2,7,10H,3-6,8-9H2. The van der Waals surface area contributed by atoms with Crippen LogP contribution in [0, 0.1) is 11.7 Å². The SMILES string of the molecule is Fc1ccc(CN2CCC(CCBr)C2)cc1Cl. The maximum Gasteiger partial charge on any atom is 0.141 e. The van der Waals surface area contributed by atoms with Crippen LogP contribution in [0.25, 0.3) is 0 Å². The van der Waals surface area contributed by atoms with Crippen molar-refractivity contribution >= 4 is 27.5 Å². The van der Waals surface area contributed by atoms with E-state index in [-0.39, 0.29) is 10.8 Å². The lowest BCUT2D eigenvalue weighted by Gasteiger charge is -2.16. The van der Waals surface area contributed by atoms with Gasteiger partial charge in [0.2, 0.25) is 0 Å². The van der Waals surface area contributed by atoms with Gasteiger partial charge in [-0.15, -0.1) is 0 Å². The van der Waals surface area contributed by atoms with Crippen molar-refractivity contribution in [3.05, 3.63) is 34.6 Å². The van der Waals surface area contributed by atoms with Gasteiger partial charge in [0.05, 0.1) is 5.02 Å². The van der Waals surface area contributed by atoms with Crippen LogP contribution < -0.4 is 0 Å². The van der Waals surface area contributed by atoms with Crippen molar-refractivity contribution in [3.63, 3.8) is 0 Å². The van der Waals surface area contributed by atoms with Crippen LogP contribution in [-0.4, -0.2) is 23.3 Å². The van der Waals surface area contributed by atoms with Crippen molar-refractivity contribution in [1.82, 2.24) is 4.90 Å². The van der Waals surface area contributed by atoms with Crippen LogP contribution >= 0.6 is 27.5 Å². The average molecular weight is 321 g/mol. The minimum atomic E-state index is -0.339. The molecular weight excluding hydrogens is 305 g/mol. The summed E-state index contributed by atoms with van der Waals surface area (Å²) in [7, 11) is 0. The fourth-order valence-electron chi connectivity index (χ4n) is 2.34. The van der Waals surface area contributed by atoms with Crippen LogP contribution in [0.3, 0.4) is 0 Å². The average Bonchev–Trinajstić information content (AvgIpc) is 2.72. The minimum absolute atomic E-state index is 0.221. The first-order chi connectivity index (χ1) is 8.19. The molecule has 0 amide bonds. The Hall–Kier alpha value is -0.120. The summed E-state index contributed by atoms with van der Waals surface area (Å²) in [6.45, 7) is 3.14. The normalized spacial score (nSPS) is 21.0. The molecule has 1 aromatic carbocycles. The van der Waals surface area contributed by atoms with Gasteiger partial charge in [-0.2, -0.15) is 0 Å². The van der Waals surface area contributed by atoms with E-state index in [2.05, 4.69) is 20.8 Å². The van der Waals surface area contributed by atoms with Gasteiger partial charge in [-0.3, -0.25) is 4.90 Å². The monoisotopic (exact) mass is 319 g/mol. The van der Waals surface area contributed by atoms with E-state index in [9.17, 15) is 4.39 Å². The zero-order chi connectivity index (χ0) is 12.3. The Bertz CT molecular complexity index is 386. The highest BCUT2D eigenvalue weighted by Crippen LogP contribution is 2.23. The number of rotatable bonds is 4. The Labute approximate surface area is 115 Å². The highest BCUT2D eigenvalue weighted by atomic mass is 79.9. The van der Waals surface area contributed by atoms with Crippen LogP contribution in [0.1, 0.15) is 18.4 Å². The van der Waals surface area contributed by atoms with E-state index in [0.29, 0.717) is 0 Å². The van der Waals surface area contributed by atoms with Gasteiger partial charge >= 0.3 is 0 Å². The number of likely N-dealkylation sites (tertiary alicyclic amines) is 1. The second-order valence-electron chi connectivity index (χ2n) is 4.62. The predicted molar refractivity (Wildman–Crippen MR) is 73.2 cm³/mol. The van der Waals surface area contributed by atoms with Crippen LogP contribution in [0.15, 0.2) is 18.2 Å². The number of halogens is 3. The van der Waals surface area contributed by atoms with E-state index in [0.717, 1.165) is 36.4 Å². The summed E-state index contributed by atoms with van der Waals surface area (Å²) in [6, 6.07) is 5.00. The Morgan fingerprint density at radius 3 is 3.00 bits per heavy atom. The Morgan fingerprint density at radius 1 is 1.47 bits per heavy atom. The van der Waals surface area contributed by atoms with Crippen molar-refractivity contribution in [2.24, 2.45) is 5.92 Å². The molecule has 1 atom stereocenters. The van der Waals surface area contributed by atoms with E-state index >= 15 is 0 Å². The van der Waals surface area contributed by atoms with Gasteiger partial charge < -0.3 is 0 Å². The number of hydrogen-bond donors (Lipinski definition) is 0. The summed E-state index contributed by atoms with van der Waals surface area (Å²) < 4.78 is 13.0. The topological polar surface area (TPSA) is 3.24 Å². The second-order valence-corrected chi connectivity index (χ2v) is 5.82. The maximum atomic E-state index is 13.0. The lowest BCUT2D eigenvalue weighted by Crippen LogP contribution is -2.20. The molecule has 1 fully saturated rings. The van der Waals surface area contributed by atoms with Crippen LogP contribution in [-0.2, 0) is 6.54 Å². The Kier molecular flexibility index (Phi) is 4.83. The van der Waals surface area contributed by atoms with Crippen molar-refractivity contribution < 1.29 is 4.39 Å². The molecule has 1 heterocycles. The first kappa shape index (κ1) is 13.3. The van der Waals surface area contributed by atoms with Gasteiger partial charge in [-0.25, -0.2) is 4.39 Å². The molecule has 2 rings (SSSR count). The second kappa shape index (κ2) is 6.17. The molecule has 0 N–H and O–H groups in total. The summed E-state index contributed by atoms with van der Waals surface area (Å²) in [5, 5.41) is 1.30. The van der Waals surface area contributed by atoms with E-state index in [1.807, 2.05) is 6.07 Å². The first-order valence-electron chi connectivity index (χ1n) is 5.91. The highest BCUT2D eigenvalue weighted by molar-refractivity contribution is 9.09. The molecule has 0 aliphatic carbocycles. The largest absolute Gasteiger partial charge is 0.299 e. The third kappa shape index (κ3) is 3.67. The molecule has 1 aliphatic heterocycles. The fourth-order valence-corrected chi connectivity index (χ4v) is 3.19. The number of alkyl halides is 1. The molecule has 1 saturated heterocycles. The van der Waals surface area contributed by atoms with Crippen molar-refractivity contribution in [3.8, 4) is 0 Å². The van der Waals surface area contributed by atoms with Crippen molar-refractivity contribution in [2.45, 2.75) is 19.4 Å². The van der Waals surface area contributed by atoms with Gasteiger partial charge in [0.1, 0.15) is 5.82 Å². The van der Waals surface area contributed by atoms with Gasteiger partial charge in [-0.1, -0.05) is 33.6 Å². The summed E-state index contributed by atoms with van der Waals surface area (Å²) in [4.78, 5) is 2.41. The van der Waals surface area contributed by atoms with Crippen LogP contribution in [0.5, 0.6) is 0 Å². The molecular formula is C13H16BrClFN. The van der Waals surface area contributed by atoms with Crippen molar-refractivity contribution in [2.75, 3.05) is 18.4 Å². The number of nitrogens with zero attached hydrogens (tertiary/aromatic N) is 1. The summed E-state index contributed by atoms with van der Waals surface area (Å²) in [5.41, 5.74) is 1.09. The molecule has 1 unspecified atom stereocenters. The summed E-state index contributed by atoms with van der Waals surface area (Å²) in [5.74, 6) is 0.458. The molecule has 0 aromatic heterocycles. The molecule has 0 spiro atoms. The Balaban J connectivity index is 1.91. The van der Waals surface area contributed by atoms with Gasteiger partial charge in [0.25, 0.3) is 0 Å². The van der Waals surface area contributed by atoms with Gasteiger partial charge in [-0.05, 0) is 43.0 Å². The smallest absolute Gasteiger partial charge is 0.141 e. The predicted octanol–water partition coefficient (Wildman–Crippen LogP) is 4.09. The van der Waals surface area contributed by atoms with Crippen LogP contribution in [0.4, 0.5) is 4.39 Å². The zero-order valence-corrected chi connectivity index (χ0v) is 12.0. The minimum Gasteiger partial charge on any atom is -0.299 e. The molecule has 4 heteroatoms. The van der Waals surface area contributed by atoms with Gasteiger partial charge in [0, 0.05) is 18.4 Å². The first-order valence-corrected chi connectivity index (χ1v) is 7.41. The lowest BCUT2D eigenvalue weighted by molar-refractivity contribution is 0.315. The molecule has 0 bridgehead atoms. The highest BCUT2D eigenvalue weighted by Gasteiger charge is 2.21. The molecule has 0 radical (unpaired) electrons. The Morgan fingerprint density at radius 2 is 2.29 bits per heavy atom. The van der Waals surface area contributed by atoms with E-state index < -0.39 is 0 Å². The quantitative estimate of drug-likeness (QED) is 0.755. The van der Waals surface area contributed by atoms with E-state index in [4.69, 9.17) is 11.6 Å². The maximum absolute atomic E-state index is 13.0. The molecule has 94 valence electrons. The molecule has 17 heavy (non-hydrogen) atoms. The molecule has 1 nitrogen and oxygen atoms in total. The van der Waals surface area contributed by atoms with Crippen LogP contribution in [0.2, 0.25) is 5.02 Å². The van der Waals surface area contributed by atoms with Gasteiger partial charge in [0.15, 0.2) is 0 Å². The number of benzene rings is 1. The third-order valence-electron chi connectivity index (χ3n) is 3.28. The molecule has 1 aliphatic rings. The van der Waals surface area contributed by atoms with Crippen molar-refractivity contribution in [1.29, 1.82) is 0 Å². The summed E-state index contributed by atoms with van der Waals surface area (Å²) >= 11 is 9.26. The fraction of sp³-hybridized carbons (Fsp3) is 0.538. The molecule has 1 aromatic rings. The zero-order valence-electron chi connectivity index (χ0n) is 9.63.